The van der Waals surface area contributed by atoms with E-state index in [0.29, 0.717) is 0 Å². The molecule has 0 saturated carbocycles. The maximum absolute atomic E-state index is 11.8. The number of nitrogens with zero attached hydrogens (tertiary/aromatic N) is 1. The third-order valence-electron chi connectivity index (χ3n) is 2.92. The number of thiazole rings is 1. The summed E-state index contributed by atoms with van der Waals surface area (Å²) in [6, 6.07) is 8.24. The van der Waals surface area contributed by atoms with Crippen LogP contribution in [0, 0.1) is 6.92 Å². The number of Topliss-reactive ketones (excluding diaryl/α,β-unsaturated/α-hetero) is 1. The van der Waals surface area contributed by atoms with Crippen LogP contribution in [-0.2, 0) is 5.41 Å². The Bertz CT molecular complexity index is 620. The number of hydrogen-bond donors (Lipinski definition) is 0. The van der Waals surface area contributed by atoms with E-state index in [4.69, 9.17) is 4.98 Å². The summed E-state index contributed by atoms with van der Waals surface area (Å²) in [7, 11) is 0. The van der Waals surface area contributed by atoms with E-state index >= 15 is 0 Å². The Morgan fingerprint density at radius 3 is 2.42 bits per heavy atom. The second kappa shape index (κ2) is 4.89. The SMILES string of the molecule is CC(=O)c1sc(-c2cccc(C)c2)nc1C(C)(C)C. The molecule has 1 heterocycles. The van der Waals surface area contributed by atoms with Crippen LogP contribution in [0.5, 0.6) is 0 Å². The van der Waals surface area contributed by atoms with Crippen molar-refractivity contribution in [2.24, 2.45) is 0 Å². The Labute approximate surface area is 118 Å². The smallest absolute Gasteiger partial charge is 0.171 e. The summed E-state index contributed by atoms with van der Waals surface area (Å²) in [6.07, 6.45) is 0. The second-order valence-electron chi connectivity index (χ2n) is 5.87. The lowest BCUT2D eigenvalue weighted by Crippen LogP contribution is -2.15. The third kappa shape index (κ3) is 2.92. The number of rotatable bonds is 2. The van der Waals surface area contributed by atoms with E-state index in [-0.39, 0.29) is 11.2 Å². The van der Waals surface area contributed by atoms with Crippen LogP contribution in [0.2, 0.25) is 0 Å². The first-order valence-corrected chi connectivity index (χ1v) is 7.20. The lowest BCUT2D eigenvalue weighted by Gasteiger charge is -2.16. The van der Waals surface area contributed by atoms with E-state index in [2.05, 4.69) is 39.8 Å². The Balaban J connectivity index is 2.58. The van der Waals surface area contributed by atoms with Crippen LogP contribution in [0.1, 0.15) is 48.6 Å². The van der Waals surface area contributed by atoms with Crippen LogP contribution in [0.3, 0.4) is 0 Å². The Hall–Kier alpha value is -1.48. The Morgan fingerprint density at radius 1 is 1.26 bits per heavy atom. The van der Waals surface area contributed by atoms with E-state index in [1.807, 2.05) is 12.1 Å². The molecule has 0 aliphatic rings. The number of carbonyl (C=O) groups is 1. The molecule has 2 rings (SSSR count). The molecule has 0 saturated heterocycles. The van der Waals surface area contributed by atoms with Crippen molar-refractivity contribution in [3.05, 3.63) is 40.4 Å². The number of ketones is 1. The Kier molecular flexibility index (Phi) is 3.59. The van der Waals surface area contributed by atoms with Crippen molar-refractivity contribution >= 4 is 17.1 Å². The van der Waals surface area contributed by atoms with Crippen molar-refractivity contribution in [1.82, 2.24) is 4.98 Å². The van der Waals surface area contributed by atoms with Gasteiger partial charge >= 0.3 is 0 Å². The number of aryl methyl sites for hydroxylation is 1. The van der Waals surface area contributed by atoms with Gasteiger partial charge in [0.1, 0.15) is 5.01 Å². The molecular formula is C16H19NOS. The van der Waals surface area contributed by atoms with Gasteiger partial charge in [-0.2, -0.15) is 0 Å². The molecule has 0 aliphatic carbocycles. The maximum atomic E-state index is 11.8. The van der Waals surface area contributed by atoms with Gasteiger partial charge < -0.3 is 0 Å². The molecule has 3 heteroatoms. The number of hydrogen-bond acceptors (Lipinski definition) is 3. The van der Waals surface area contributed by atoms with Crippen LogP contribution >= 0.6 is 11.3 Å². The average Bonchev–Trinajstić information content (AvgIpc) is 2.73. The largest absolute Gasteiger partial charge is 0.294 e. The average molecular weight is 273 g/mol. The van der Waals surface area contributed by atoms with Crippen LogP contribution in [0.25, 0.3) is 10.6 Å². The first-order chi connectivity index (χ1) is 8.79. The topological polar surface area (TPSA) is 30.0 Å². The monoisotopic (exact) mass is 273 g/mol. The van der Waals surface area contributed by atoms with Crippen molar-refractivity contribution in [1.29, 1.82) is 0 Å². The minimum atomic E-state index is -0.112. The van der Waals surface area contributed by atoms with Gasteiger partial charge in [-0.05, 0) is 13.0 Å². The highest BCUT2D eigenvalue weighted by Gasteiger charge is 2.25. The van der Waals surface area contributed by atoms with E-state index in [9.17, 15) is 4.79 Å². The van der Waals surface area contributed by atoms with Crippen molar-refractivity contribution < 1.29 is 4.79 Å². The molecule has 19 heavy (non-hydrogen) atoms. The van der Waals surface area contributed by atoms with Crippen LogP contribution in [0.4, 0.5) is 0 Å². The quantitative estimate of drug-likeness (QED) is 0.747. The minimum absolute atomic E-state index is 0.0985. The zero-order valence-corrected chi connectivity index (χ0v) is 12.9. The number of benzene rings is 1. The predicted octanol–water partition coefficient (Wildman–Crippen LogP) is 4.62. The third-order valence-corrected chi connectivity index (χ3v) is 4.13. The van der Waals surface area contributed by atoms with E-state index in [0.717, 1.165) is 21.1 Å². The van der Waals surface area contributed by atoms with Gasteiger partial charge in [-0.3, -0.25) is 4.79 Å². The molecule has 100 valence electrons. The number of carbonyl (C=O) groups excluding carboxylic acids is 1. The van der Waals surface area contributed by atoms with Crippen LogP contribution in [0.15, 0.2) is 24.3 Å². The van der Waals surface area contributed by atoms with Gasteiger partial charge in [0.2, 0.25) is 0 Å². The molecule has 1 aromatic heterocycles. The summed E-state index contributed by atoms with van der Waals surface area (Å²) < 4.78 is 0. The van der Waals surface area contributed by atoms with Gasteiger partial charge in [-0.25, -0.2) is 4.98 Å². The fraction of sp³-hybridized carbons (Fsp3) is 0.375. The molecule has 0 bridgehead atoms. The summed E-state index contributed by atoms with van der Waals surface area (Å²) in [5.41, 5.74) is 3.08. The van der Waals surface area contributed by atoms with Gasteiger partial charge in [0, 0.05) is 17.9 Å². The number of aromatic nitrogens is 1. The first-order valence-electron chi connectivity index (χ1n) is 6.38. The molecule has 0 fully saturated rings. The molecule has 1 aromatic carbocycles. The summed E-state index contributed by atoms with van der Waals surface area (Å²) in [4.78, 5) is 17.3. The molecule has 0 unspecified atom stereocenters. The highest BCUT2D eigenvalue weighted by atomic mass is 32.1. The highest BCUT2D eigenvalue weighted by Crippen LogP contribution is 2.34. The summed E-state index contributed by atoms with van der Waals surface area (Å²) in [6.45, 7) is 9.95. The molecule has 0 N–H and O–H groups in total. The molecule has 2 nitrogen and oxygen atoms in total. The first kappa shape index (κ1) is 13.9. The molecule has 0 aliphatic heterocycles. The second-order valence-corrected chi connectivity index (χ2v) is 6.87. The fourth-order valence-electron chi connectivity index (χ4n) is 1.97. The van der Waals surface area contributed by atoms with Crippen LogP contribution < -0.4 is 0 Å². The van der Waals surface area contributed by atoms with Crippen molar-refractivity contribution in [3.8, 4) is 10.6 Å². The summed E-state index contributed by atoms with van der Waals surface area (Å²) in [5.74, 6) is 0.0985. The van der Waals surface area contributed by atoms with Gasteiger partial charge in [-0.1, -0.05) is 44.5 Å². The minimum Gasteiger partial charge on any atom is -0.294 e. The fourth-order valence-corrected chi connectivity index (χ4v) is 3.14. The maximum Gasteiger partial charge on any atom is 0.171 e. The predicted molar refractivity (Wildman–Crippen MR) is 81.0 cm³/mol. The van der Waals surface area contributed by atoms with Crippen molar-refractivity contribution in [3.63, 3.8) is 0 Å². The lowest BCUT2D eigenvalue weighted by atomic mass is 9.90. The lowest BCUT2D eigenvalue weighted by molar-refractivity contribution is 0.101. The standard InChI is InChI=1S/C16H19NOS/c1-10-7-6-8-12(9-10)15-17-14(16(3,4)5)13(19-15)11(2)18/h6-9H,1-5H3. The van der Waals surface area contributed by atoms with Gasteiger partial charge in [0.15, 0.2) is 5.78 Å². The highest BCUT2D eigenvalue weighted by molar-refractivity contribution is 7.17. The van der Waals surface area contributed by atoms with Gasteiger partial charge in [-0.15, -0.1) is 11.3 Å². The molecule has 0 amide bonds. The van der Waals surface area contributed by atoms with E-state index < -0.39 is 0 Å². The Morgan fingerprint density at radius 2 is 1.95 bits per heavy atom. The normalized spacial score (nSPS) is 11.6. The van der Waals surface area contributed by atoms with Crippen molar-refractivity contribution in [2.75, 3.05) is 0 Å². The van der Waals surface area contributed by atoms with Gasteiger partial charge in [0.25, 0.3) is 0 Å². The zero-order chi connectivity index (χ0) is 14.2. The molecule has 0 spiro atoms. The summed E-state index contributed by atoms with van der Waals surface area (Å²) in [5, 5.41) is 0.929. The molecule has 0 radical (unpaired) electrons. The molecule has 0 atom stereocenters. The van der Waals surface area contributed by atoms with Gasteiger partial charge in [0.05, 0.1) is 10.6 Å². The summed E-state index contributed by atoms with van der Waals surface area (Å²) >= 11 is 1.50. The van der Waals surface area contributed by atoms with E-state index in [1.54, 1.807) is 6.92 Å². The molecular weight excluding hydrogens is 254 g/mol. The van der Waals surface area contributed by atoms with E-state index in [1.165, 1.54) is 16.9 Å². The zero-order valence-electron chi connectivity index (χ0n) is 12.1. The molecule has 2 aromatic rings. The van der Waals surface area contributed by atoms with Crippen molar-refractivity contribution in [2.45, 2.75) is 40.0 Å². The van der Waals surface area contributed by atoms with Crippen LogP contribution in [-0.4, -0.2) is 10.8 Å².